The predicted molar refractivity (Wildman–Crippen MR) is 76.7 cm³/mol. The average molecular weight is 294 g/mol. The highest BCUT2D eigenvalue weighted by molar-refractivity contribution is 5.91. The lowest BCUT2D eigenvalue weighted by Gasteiger charge is -2.26. The Labute approximate surface area is 122 Å². The molecule has 0 unspecified atom stereocenters. The molecule has 0 heterocycles. The first-order chi connectivity index (χ1) is 9.94. The first kappa shape index (κ1) is 15.3. The van der Waals surface area contributed by atoms with Crippen LogP contribution in [-0.2, 0) is 4.79 Å². The van der Waals surface area contributed by atoms with Gasteiger partial charge in [0.05, 0.1) is 5.41 Å². The second-order valence-electron chi connectivity index (χ2n) is 5.49. The third-order valence-corrected chi connectivity index (χ3v) is 4.09. The van der Waals surface area contributed by atoms with Crippen molar-refractivity contribution in [1.82, 2.24) is 5.32 Å². The van der Waals surface area contributed by atoms with Gasteiger partial charge < -0.3 is 10.4 Å². The summed E-state index contributed by atoms with van der Waals surface area (Å²) in [6.07, 6.45) is 2.88. The lowest BCUT2D eigenvalue weighted by molar-refractivity contribution is -0.148. The molecule has 1 saturated carbocycles. The number of carboxylic acids is 1. The zero-order chi connectivity index (χ0) is 15.5. The average Bonchev–Trinajstić information content (AvgIpc) is 2.94. The number of carboxylic acid groups (broad SMARTS) is 1. The number of aliphatic carboxylic acids is 1. The van der Waals surface area contributed by atoms with E-state index in [9.17, 15) is 19.1 Å². The summed E-state index contributed by atoms with van der Waals surface area (Å²) in [6, 6.07) is 5.25. The largest absolute Gasteiger partial charge is 0.481 e. The Morgan fingerprint density at radius 2 is 2.05 bits per heavy atom. The minimum Gasteiger partial charge on any atom is -0.481 e. The highest BCUT2D eigenvalue weighted by Crippen LogP contribution is 2.37. The summed E-state index contributed by atoms with van der Waals surface area (Å²) in [4.78, 5) is 24.8. The van der Waals surface area contributed by atoms with Crippen LogP contribution < -0.4 is 10.2 Å². The molecule has 1 aliphatic carbocycles. The maximum Gasteiger partial charge on any atom is 0.321 e. The standard InChI is InChI=1S/C15H19FN2O3/c1-18(12-6-4-5-11(16)9-12)14(21)17-10-15(13(19)20)7-2-3-8-15/h4-6,9H,2-3,7-8,10H2,1H3,(H,17,21)(H,19,20). The topological polar surface area (TPSA) is 69.6 Å². The van der Waals surface area contributed by atoms with Crippen LogP contribution in [0.1, 0.15) is 25.7 Å². The maximum atomic E-state index is 13.2. The number of carbonyl (C=O) groups excluding carboxylic acids is 1. The maximum absolute atomic E-state index is 13.2. The van der Waals surface area contributed by atoms with Crippen LogP contribution in [-0.4, -0.2) is 30.7 Å². The molecule has 2 rings (SSSR count). The number of anilines is 1. The summed E-state index contributed by atoms with van der Waals surface area (Å²) < 4.78 is 13.2. The van der Waals surface area contributed by atoms with Crippen LogP contribution in [0.4, 0.5) is 14.9 Å². The van der Waals surface area contributed by atoms with Gasteiger partial charge in [0.25, 0.3) is 0 Å². The van der Waals surface area contributed by atoms with Crippen LogP contribution in [0.15, 0.2) is 24.3 Å². The summed E-state index contributed by atoms with van der Waals surface area (Å²) in [5, 5.41) is 12.0. The van der Waals surface area contributed by atoms with Crippen molar-refractivity contribution in [2.45, 2.75) is 25.7 Å². The van der Waals surface area contributed by atoms with Gasteiger partial charge in [-0.05, 0) is 31.0 Å². The number of carbonyl (C=O) groups is 2. The van der Waals surface area contributed by atoms with Gasteiger partial charge >= 0.3 is 12.0 Å². The number of urea groups is 1. The van der Waals surface area contributed by atoms with Crippen LogP contribution >= 0.6 is 0 Å². The second-order valence-corrected chi connectivity index (χ2v) is 5.49. The Bertz CT molecular complexity index is 541. The van der Waals surface area contributed by atoms with Gasteiger partial charge in [-0.25, -0.2) is 9.18 Å². The summed E-state index contributed by atoms with van der Waals surface area (Å²) >= 11 is 0. The number of nitrogens with zero attached hydrogens (tertiary/aromatic N) is 1. The summed E-state index contributed by atoms with van der Waals surface area (Å²) in [5.41, 5.74) is -0.443. The highest BCUT2D eigenvalue weighted by Gasteiger charge is 2.41. The molecule has 0 radical (unpaired) electrons. The number of halogens is 1. The molecule has 0 saturated heterocycles. The summed E-state index contributed by atoms with van der Waals surface area (Å²) in [5.74, 6) is -1.29. The fraction of sp³-hybridized carbons (Fsp3) is 0.467. The van der Waals surface area contributed by atoms with Crippen LogP contribution in [0.3, 0.4) is 0 Å². The van der Waals surface area contributed by atoms with Crippen LogP contribution in [0.25, 0.3) is 0 Å². The zero-order valence-corrected chi connectivity index (χ0v) is 11.9. The molecule has 5 nitrogen and oxygen atoms in total. The van der Waals surface area contributed by atoms with Crippen molar-refractivity contribution in [2.24, 2.45) is 5.41 Å². The Kier molecular flexibility index (Phi) is 4.45. The Hall–Kier alpha value is -2.11. The lowest BCUT2D eigenvalue weighted by atomic mass is 9.86. The van der Waals surface area contributed by atoms with Crippen molar-refractivity contribution < 1.29 is 19.1 Å². The molecule has 1 fully saturated rings. The van der Waals surface area contributed by atoms with Crippen LogP contribution in [0.2, 0.25) is 0 Å². The van der Waals surface area contributed by atoms with Crippen molar-refractivity contribution in [3.63, 3.8) is 0 Å². The van der Waals surface area contributed by atoms with E-state index in [0.29, 0.717) is 18.5 Å². The normalized spacial score (nSPS) is 16.5. The highest BCUT2D eigenvalue weighted by atomic mass is 19.1. The first-order valence-electron chi connectivity index (χ1n) is 6.95. The molecule has 1 aliphatic rings. The Balaban J connectivity index is 1.99. The van der Waals surface area contributed by atoms with E-state index in [4.69, 9.17) is 0 Å². The van der Waals surface area contributed by atoms with E-state index < -0.39 is 23.2 Å². The van der Waals surface area contributed by atoms with E-state index in [-0.39, 0.29) is 6.54 Å². The van der Waals surface area contributed by atoms with E-state index in [1.54, 1.807) is 6.07 Å². The molecule has 0 aromatic heterocycles. The van der Waals surface area contributed by atoms with Gasteiger partial charge in [-0.1, -0.05) is 18.9 Å². The molecular weight excluding hydrogens is 275 g/mol. The van der Waals surface area contributed by atoms with Crippen LogP contribution in [0, 0.1) is 11.2 Å². The second kappa shape index (κ2) is 6.11. The molecule has 0 atom stereocenters. The lowest BCUT2D eigenvalue weighted by Crippen LogP contribution is -2.45. The van der Waals surface area contributed by atoms with E-state index >= 15 is 0 Å². The van der Waals surface area contributed by atoms with Gasteiger partial charge in [-0.15, -0.1) is 0 Å². The van der Waals surface area contributed by atoms with E-state index in [2.05, 4.69) is 5.32 Å². The molecule has 1 aromatic rings. The molecule has 0 aliphatic heterocycles. The van der Waals surface area contributed by atoms with E-state index in [1.165, 1.54) is 30.1 Å². The molecule has 1 aromatic carbocycles. The number of amides is 2. The van der Waals surface area contributed by atoms with E-state index in [0.717, 1.165) is 12.8 Å². The van der Waals surface area contributed by atoms with Gasteiger partial charge in [0.2, 0.25) is 0 Å². The van der Waals surface area contributed by atoms with Gasteiger partial charge in [-0.3, -0.25) is 9.69 Å². The SMILES string of the molecule is CN(C(=O)NCC1(C(=O)O)CCCC1)c1cccc(F)c1. The molecule has 21 heavy (non-hydrogen) atoms. The van der Waals surface area contributed by atoms with Crippen molar-refractivity contribution >= 4 is 17.7 Å². The Morgan fingerprint density at radius 3 is 2.62 bits per heavy atom. The molecule has 0 bridgehead atoms. The quantitative estimate of drug-likeness (QED) is 0.897. The minimum absolute atomic E-state index is 0.0980. The van der Waals surface area contributed by atoms with Crippen molar-refractivity contribution in [3.05, 3.63) is 30.1 Å². The molecule has 6 heteroatoms. The zero-order valence-electron chi connectivity index (χ0n) is 11.9. The van der Waals surface area contributed by atoms with Gasteiger partial charge in [0.15, 0.2) is 0 Å². The fourth-order valence-electron chi connectivity index (χ4n) is 2.68. The number of rotatable bonds is 4. The number of nitrogens with one attached hydrogen (secondary N) is 1. The molecular formula is C15H19FN2O3. The summed E-state index contributed by atoms with van der Waals surface area (Å²) in [6.45, 7) is 0.0980. The molecule has 2 N–H and O–H groups in total. The smallest absolute Gasteiger partial charge is 0.321 e. The van der Waals surface area contributed by atoms with Gasteiger partial charge in [-0.2, -0.15) is 0 Å². The molecule has 0 spiro atoms. The monoisotopic (exact) mass is 294 g/mol. The molecule has 114 valence electrons. The summed E-state index contributed by atoms with van der Waals surface area (Å²) in [7, 11) is 1.52. The molecule has 2 amide bonds. The third kappa shape index (κ3) is 3.32. The van der Waals surface area contributed by atoms with Crippen molar-refractivity contribution in [2.75, 3.05) is 18.5 Å². The van der Waals surface area contributed by atoms with Crippen molar-refractivity contribution in [3.8, 4) is 0 Å². The predicted octanol–water partition coefficient (Wildman–Crippen LogP) is 2.62. The van der Waals surface area contributed by atoms with Crippen molar-refractivity contribution in [1.29, 1.82) is 0 Å². The number of hydrogen-bond donors (Lipinski definition) is 2. The first-order valence-corrected chi connectivity index (χ1v) is 6.95. The Morgan fingerprint density at radius 1 is 1.38 bits per heavy atom. The van der Waals surface area contributed by atoms with E-state index in [1.807, 2.05) is 0 Å². The fourth-order valence-corrected chi connectivity index (χ4v) is 2.68. The van der Waals surface area contributed by atoms with Gasteiger partial charge in [0.1, 0.15) is 5.82 Å². The van der Waals surface area contributed by atoms with Gasteiger partial charge in [0, 0.05) is 19.3 Å². The third-order valence-electron chi connectivity index (χ3n) is 4.09. The minimum atomic E-state index is -0.867. The number of benzene rings is 1. The number of hydrogen-bond acceptors (Lipinski definition) is 2. The van der Waals surface area contributed by atoms with Crippen LogP contribution in [0.5, 0.6) is 0 Å².